The molecule has 1 N–H and O–H groups in total. The first-order valence-corrected chi connectivity index (χ1v) is 4.38. The number of rotatable bonds is 3. The normalized spacial score (nSPS) is 10.5. The molecule has 13 heavy (non-hydrogen) atoms. The van der Waals surface area contributed by atoms with Gasteiger partial charge in [0.25, 0.3) is 5.91 Å². The number of nitrogens with one attached hydrogen (secondary N) is 1. The molecule has 1 rings (SSSR count). The van der Waals surface area contributed by atoms with Crippen LogP contribution in [0.3, 0.4) is 0 Å². The summed E-state index contributed by atoms with van der Waals surface area (Å²) >= 11 is 0. The van der Waals surface area contributed by atoms with Crippen LogP contribution in [0.4, 0.5) is 0 Å². The smallest absolute Gasteiger partial charge is 0.273 e. The van der Waals surface area contributed by atoms with Crippen LogP contribution >= 0.6 is 0 Å². The molecule has 0 saturated carbocycles. The summed E-state index contributed by atoms with van der Waals surface area (Å²) in [5.41, 5.74) is 0.352. The third kappa shape index (κ3) is 2.57. The molecule has 0 atom stereocenters. The predicted octanol–water partition coefficient (Wildman–Crippen LogP) is 1.38. The van der Waals surface area contributed by atoms with Crippen LogP contribution in [-0.4, -0.2) is 16.9 Å². The SMILES string of the molecule is CCc1nc(C(=O)NC(C)C)co1. The summed E-state index contributed by atoms with van der Waals surface area (Å²) < 4.78 is 5.04. The second kappa shape index (κ2) is 4.07. The number of carbonyl (C=O) groups is 1. The van der Waals surface area contributed by atoms with Gasteiger partial charge in [-0.15, -0.1) is 0 Å². The Morgan fingerprint density at radius 2 is 2.38 bits per heavy atom. The van der Waals surface area contributed by atoms with Gasteiger partial charge in [-0.1, -0.05) is 6.92 Å². The molecule has 0 aromatic carbocycles. The molecule has 1 amide bonds. The van der Waals surface area contributed by atoms with Gasteiger partial charge in [-0.05, 0) is 13.8 Å². The summed E-state index contributed by atoms with van der Waals surface area (Å²) in [4.78, 5) is 15.4. The highest BCUT2D eigenvalue weighted by Crippen LogP contribution is 2.02. The molecule has 1 aromatic rings. The standard InChI is InChI=1S/C9H14N2O2/c1-4-8-11-7(5-13-8)9(12)10-6(2)3/h5-6H,4H2,1-3H3,(H,10,12). The Morgan fingerprint density at radius 3 is 2.85 bits per heavy atom. The molecule has 0 aliphatic rings. The van der Waals surface area contributed by atoms with Crippen LogP contribution in [0.5, 0.6) is 0 Å². The maximum absolute atomic E-state index is 11.4. The van der Waals surface area contributed by atoms with Crippen LogP contribution in [0.25, 0.3) is 0 Å². The van der Waals surface area contributed by atoms with Crippen molar-refractivity contribution in [2.75, 3.05) is 0 Å². The zero-order valence-corrected chi connectivity index (χ0v) is 8.13. The minimum absolute atomic E-state index is 0.120. The van der Waals surface area contributed by atoms with E-state index in [0.29, 0.717) is 18.0 Å². The number of amides is 1. The van der Waals surface area contributed by atoms with Crippen LogP contribution in [0.2, 0.25) is 0 Å². The molecule has 0 radical (unpaired) electrons. The van der Waals surface area contributed by atoms with Gasteiger partial charge < -0.3 is 9.73 Å². The topological polar surface area (TPSA) is 55.1 Å². The molecule has 0 fully saturated rings. The van der Waals surface area contributed by atoms with Crippen molar-refractivity contribution in [2.24, 2.45) is 0 Å². The van der Waals surface area contributed by atoms with Crippen LogP contribution in [0.1, 0.15) is 37.2 Å². The van der Waals surface area contributed by atoms with Crippen molar-refractivity contribution in [3.8, 4) is 0 Å². The minimum Gasteiger partial charge on any atom is -0.448 e. The van der Waals surface area contributed by atoms with Gasteiger partial charge in [-0.25, -0.2) is 4.98 Å². The van der Waals surface area contributed by atoms with E-state index in [4.69, 9.17) is 4.42 Å². The van der Waals surface area contributed by atoms with Gasteiger partial charge in [-0.3, -0.25) is 4.79 Å². The summed E-state index contributed by atoms with van der Waals surface area (Å²) in [7, 11) is 0. The summed E-state index contributed by atoms with van der Waals surface area (Å²) in [6.07, 6.45) is 2.09. The van der Waals surface area contributed by atoms with Crippen molar-refractivity contribution in [3.05, 3.63) is 17.8 Å². The van der Waals surface area contributed by atoms with Crippen molar-refractivity contribution in [1.29, 1.82) is 0 Å². The van der Waals surface area contributed by atoms with Crippen LogP contribution in [-0.2, 0) is 6.42 Å². The Bertz CT molecular complexity index is 292. The van der Waals surface area contributed by atoms with Gasteiger partial charge >= 0.3 is 0 Å². The Balaban J connectivity index is 2.66. The summed E-state index contributed by atoms with van der Waals surface area (Å²) in [6, 6.07) is 0.120. The van der Waals surface area contributed by atoms with Gasteiger partial charge in [0.15, 0.2) is 11.6 Å². The van der Waals surface area contributed by atoms with E-state index in [1.54, 1.807) is 0 Å². The molecule has 0 aliphatic carbocycles. The zero-order chi connectivity index (χ0) is 9.84. The molecule has 4 heteroatoms. The highest BCUT2D eigenvalue weighted by Gasteiger charge is 2.11. The van der Waals surface area contributed by atoms with Crippen molar-refractivity contribution >= 4 is 5.91 Å². The van der Waals surface area contributed by atoms with E-state index in [-0.39, 0.29) is 11.9 Å². The fourth-order valence-corrected chi connectivity index (χ4v) is 0.914. The Morgan fingerprint density at radius 1 is 1.69 bits per heavy atom. The van der Waals surface area contributed by atoms with Crippen LogP contribution < -0.4 is 5.32 Å². The molecular weight excluding hydrogens is 168 g/mol. The monoisotopic (exact) mass is 182 g/mol. The van der Waals surface area contributed by atoms with Crippen molar-refractivity contribution < 1.29 is 9.21 Å². The lowest BCUT2D eigenvalue weighted by Crippen LogP contribution is -2.30. The van der Waals surface area contributed by atoms with Gasteiger partial charge in [0.1, 0.15) is 6.26 Å². The Hall–Kier alpha value is -1.32. The summed E-state index contributed by atoms with van der Waals surface area (Å²) in [6.45, 7) is 5.73. The highest BCUT2D eigenvalue weighted by molar-refractivity contribution is 5.92. The molecular formula is C9H14N2O2. The number of aromatic nitrogens is 1. The average Bonchev–Trinajstić information content (AvgIpc) is 2.50. The molecule has 0 bridgehead atoms. The lowest BCUT2D eigenvalue weighted by molar-refractivity contribution is 0.0938. The first-order chi connectivity index (χ1) is 6.13. The second-order valence-corrected chi connectivity index (χ2v) is 3.11. The van der Waals surface area contributed by atoms with Gasteiger partial charge in [0, 0.05) is 12.5 Å². The van der Waals surface area contributed by atoms with Crippen LogP contribution in [0.15, 0.2) is 10.7 Å². The molecule has 0 spiro atoms. The second-order valence-electron chi connectivity index (χ2n) is 3.11. The average molecular weight is 182 g/mol. The van der Waals surface area contributed by atoms with E-state index >= 15 is 0 Å². The largest absolute Gasteiger partial charge is 0.448 e. The van der Waals surface area contributed by atoms with E-state index in [9.17, 15) is 4.79 Å². The Labute approximate surface area is 77.3 Å². The maximum atomic E-state index is 11.4. The Kier molecular flexibility index (Phi) is 3.06. The predicted molar refractivity (Wildman–Crippen MR) is 48.5 cm³/mol. The summed E-state index contributed by atoms with van der Waals surface area (Å²) in [5, 5.41) is 2.74. The lowest BCUT2D eigenvalue weighted by Gasteiger charge is -2.04. The third-order valence-electron chi connectivity index (χ3n) is 1.51. The molecule has 72 valence electrons. The van der Waals surface area contributed by atoms with E-state index in [0.717, 1.165) is 0 Å². The van der Waals surface area contributed by atoms with Crippen molar-refractivity contribution in [2.45, 2.75) is 33.2 Å². The summed E-state index contributed by atoms with van der Waals surface area (Å²) in [5.74, 6) is 0.410. The number of hydrogen-bond acceptors (Lipinski definition) is 3. The number of hydrogen-bond donors (Lipinski definition) is 1. The van der Waals surface area contributed by atoms with Crippen LogP contribution in [0, 0.1) is 0 Å². The number of nitrogens with zero attached hydrogens (tertiary/aromatic N) is 1. The third-order valence-corrected chi connectivity index (χ3v) is 1.51. The fourth-order valence-electron chi connectivity index (χ4n) is 0.914. The van der Waals surface area contributed by atoms with Gasteiger partial charge in [0.05, 0.1) is 0 Å². The molecule has 0 unspecified atom stereocenters. The molecule has 1 heterocycles. The van der Waals surface area contributed by atoms with Gasteiger partial charge in [-0.2, -0.15) is 0 Å². The number of carbonyl (C=O) groups excluding carboxylic acids is 1. The fraction of sp³-hybridized carbons (Fsp3) is 0.556. The number of oxazole rings is 1. The van der Waals surface area contributed by atoms with Crippen molar-refractivity contribution in [1.82, 2.24) is 10.3 Å². The lowest BCUT2D eigenvalue weighted by atomic mass is 10.3. The minimum atomic E-state index is -0.182. The molecule has 0 aliphatic heterocycles. The van der Waals surface area contributed by atoms with E-state index in [2.05, 4.69) is 10.3 Å². The molecule has 4 nitrogen and oxygen atoms in total. The van der Waals surface area contributed by atoms with E-state index in [1.165, 1.54) is 6.26 Å². The van der Waals surface area contributed by atoms with E-state index < -0.39 is 0 Å². The first kappa shape index (κ1) is 9.77. The number of aryl methyl sites for hydroxylation is 1. The maximum Gasteiger partial charge on any atom is 0.273 e. The quantitative estimate of drug-likeness (QED) is 0.768. The van der Waals surface area contributed by atoms with Crippen molar-refractivity contribution in [3.63, 3.8) is 0 Å². The highest BCUT2D eigenvalue weighted by atomic mass is 16.3. The first-order valence-electron chi connectivity index (χ1n) is 4.38. The molecule has 0 saturated heterocycles. The van der Waals surface area contributed by atoms with Gasteiger partial charge in [0.2, 0.25) is 0 Å². The molecule has 1 aromatic heterocycles. The van der Waals surface area contributed by atoms with E-state index in [1.807, 2.05) is 20.8 Å². The zero-order valence-electron chi connectivity index (χ0n) is 8.13.